The number of aromatic nitrogens is 2. The second kappa shape index (κ2) is 3.38. The molecule has 76 valence electrons. The molecule has 15 heavy (non-hydrogen) atoms. The predicted octanol–water partition coefficient (Wildman–Crippen LogP) is 2.76. The largest absolute Gasteiger partial charge is 0.240 e. The Morgan fingerprint density at radius 2 is 2.00 bits per heavy atom. The van der Waals surface area contributed by atoms with Crippen LogP contribution in [0.25, 0.3) is 5.69 Å². The highest BCUT2D eigenvalue weighted by Gasteiger charge is 2.15. The number of thioether (sulfide) groups is 1. The highest BCUT2D eigenvalue weighted by atomic mass is 32.2. The van der Waals surface area contributed by atoms with Crippen LogP contribution < -0.4 is 0 Å². The molecular weight excluding hydrogens is 211 g/mol. The second-order valence-corrected chi connectivity index (χ2v) is 4.50. The fraction of sp³-hybridized carbons (Fsp3) is 0.182. The zero-order valence-corrected chi connectivity index (χ0v) is 8.80. The average Bonchev–Trinajstić information content (AvgIpc) is 2.78. The summed E-state index contributed by atoms with van der Waals surface area (Å²) in [6.45, 7) is 0. The first kappa shape index (κ1) is 8.97. The molecule has 2 aromatic rings. The minimum atomic E-state index is -0.214. The maximum absolute atomic E-state index is 12.7. The molecule has 1 aliphatic rings. The smallest absolute Gasteiger partial charge is 0.123 e. The predicted molar refractivity (Wildman–Crippen MR) is 58.5 cm³/mol. The summed E-state index contributed by atoms with van der Waals surface area (Å²) in [6.07, 6.45) is 2.03. The number of hydrogen-bond acceptors (Lipinski definition) is 2. The van der Waals surface area contributed by atoms with E-state index in [9.17, 15) is 4.39 Å². The van der Waals surface area contributed by atoms with Gasteiger partial charge in [-0.05, 0) is 24.3 Å². The van der Waals surface area contributed by atoms with Gasteiger partial charge in [-0.25, -0.2) is 9.07 Å². The molecule has 0 saturated carbocycles. The number of fused-ring (bicyclic) bond motifs is 1. The van der Waals surface area contributed by atoms with E-state index < -0.39 is 0 Å². The summed E-state index contributed by atoms with van der Waals surface area (Å²) in [5.41, 5.74) is 3.37. The molecule has 2 heterocycles. The average molecular weight is 220 g/mol. The zero-order chi connectivity index (χ0) is 10.3. The Kier molecular flexibility index (Phi) is 2.02. The molecule has 1 aliphatic heterocycles. The third-order valence-electron chi connectivity index (χ3n) is 2.46. The topological polar surface area (TPSA) is 17.8 Å². The molecule has 0 saturated heterocycles. The first-order valence-corrected chi connectivity index (χ1v) is 5.89. The number of hydrogen-bond donors (Lipinski definition) is 0. The van der Waals surface area contributed by atoms with Crippen molar-refractivity contribution in [1.29, 1.82) is 0 Å². The van der Waals surface area contributed by atoms with Gasteiger partial charge in [-0.15, -0.1) is 0 Å². The molecule has 1 aromatic carbocycles. The van der Waals surface area contributed by atoms with E-state index >= 15 is 0 Å². The van der Waals surface area contributed by atoms with Crippen molar-refractivity contribution in [2.75, 3.05) is 0 Å². The van der Waals surface area contributed by atoms with Gasteiger partial charge in [0.25, 0.3) is 0 Å². The van der Waals surface area contributed by atoms with Gasteiger partial charge in [-0.1, -0.05) is 0 Å². The number of rotatable bonds is 1. The maximum Gasteiger partial charge on any atom is 0.123 e. The molecule has 0 atom stereocenters. The van der Waals surface area contributed by atoms with Crippen molar-refractivity contribution in [3.63, 3.8) is 0 Å². The van der Waals surface area contributed by atoms with Crippen LogP contribution in [-0.2, 0) is 11.5 Å². The van der Waals surface area contributed by atoms with Crippen molar-refractivity contribution in [2.24, 2.45) is 0 Å². The molecule has 1 aromatic heterocycles. The van der Waals surface area contributed by atoms with Gasteiger partial charge in [0.05, 0.1) is 11.4 Å². The van der Waals surface area contributed by atoms with Gasteiger partial charge in [0.1, 0.15) is 5.82 Å². The molecule has 4 heteroatoms. The van der Waals surface area contributed by atoms with Gasteiger partial charge in [-0.2, -0.15) is 16.9 Å². The van der Waals surface area contributed by atoms with Crippen molar-refractivity contribution in [1.82, 2.24) is 9.78 Å². The minimum Gasteiger partial charge on any atom is -0.240 e. The lowest BCUT2D eigenvalue weighted by molar-refractivity contribution is 0.627. The van der Waals surface area contributed by atoms with Crippen LogP contribution in [0.15, 0.2) is 30.5 Å². The lowest BCUT2D eigenvalue weighted by Crippen LogP contribution is -1.95. The van der Waals surface area contributed by atoms with Crippen molar-refractivity contribution >= 4 is 11.8 Å². The van der Waals surface area contributed by atoms with E-state index in [1.54, 1.807) is 12.1 Å². The van der Waals surface area contributed by atoms with Crippen LogP contribution in [0.5, 0.6) is 0 Å². The number of nitrogens with zero attached hydrogens (tertiary/aromatic N) is 2. The standard InChI is InChI=1S/C11H9FN2S/c12-9-1-3-10(4-2-9)14-5-8-6-15-7-11(8)13-14/h1-5H,6-7H2. The molecule has 0 aliphatic carbocycles. The monoisotopic (exact) mass is 220 g/mol. The Hall–Kier alpha value is -1.29. The summed E-state index contributed by atoms with van der Waals surface area (Å²) in [6, 6.07) is 6.39. The normalized spacial score (nSPS) is 14.2. The summed E-state index contributed by atoms with van der Waals surface area (Å²) in [4.78, 5) is 0. The molecule has 0 fully saturated rings. The van der Waals surface area contributed by atoms with Crippen LogP contribution in [0.3, 0.4) is 0 Å². The van der Waals surface area contributed by atoms with Crippen molar-refractivity contribution in [3.8, 4) is 5.69 Å². The Balaban J connectivity index is 2.02. The summed E-state index contributed by atoms with van der Waals surface area (Å²) in [5.74, 6) is 1.81. The fourth-order valence-electron chi connectivity index (χ4n) is 1.67. The first-order chi connectivity index (χ1) is 7.33. The molecule has 0 unspecified atom stereocenters. The van der Waals surface area contributed by atoms with Crippen LogP contribution in [0.2, 0.25) is 0 Å². The highest BCUT2D eigenvalue weighted by molar-refractivity contribution is 7.98. The molecule has 0 bridgehead atoms. The van der Waals surface area contributed by atoms with Gasteiger partial charge < -0.3 is 0 Å². The molecule has 0 spiro atoms. The van der Waals surface area contributed by atoms with E-state index in [1.165, 1.54) is 17.7 Å². The van der Waals surface area contributed by atoms with Crippen molar-refractivity contribution in [2.45, 2.75) is 11.5 Å². The zero-order valence-electron chi connectivity index (χ0n) is 7.98. The van der Waals surface area contributed by atoms with E-state index in [1.807, 2.05) is 22.6 Å². The summed E-state index contributed by atoms with van der Waals surface area (Å²) in [5, 5.41) is 4.46. The second-order valence-electron chi connectivity index (χ2n) is 3.51. The Bertz CT molecular complexity index is 468. The number of benzene rings is 1. The summed E-state index contributed by atoms with van der Waals surface area (Å²) >= 11 is 1.88. The van der Waals surface area contributed by atoms with Gasteiger partial charge in [0, 0.05) is 23.3 Å². The molecule has 0 amide bonds. The van der Waals surface area contributed by atoms with Crippen LogP contribution >= 0.6 is 11.8 Å². The summed E-state index contributed by atoms with van der Waals surface area (Å²) in [7, 11) is 0. The van der Waals surface area contributed by atoms with E-state index in [4.69, 9.17) is 0 Å². The van der Waals surface area contributed by atoms with Crippen LogP contribution in [0.4, 0.5) is 4.39 Å². The lowest BCUT2D eigenvalue weighted by Gasteiger charge is -2.00. The Morgan fingerprint density at radius 3 is 2.73 bits per heavy atom. The van der Waals surface area contributed by atoms with E-state index in [-0.39, 0.29) is 5.82 Å². The van der Waals surface area contributed by atoms with Gasteiger partial charge in [0.2, 0.25) is 0 Å². The first-order valence-electron chi connectivity index (χ1n) is 4.74. The number of halogens is 1. The quantitative estimate of drug-likeness (QED) is 0.735. The van der Waals surface area contributed by atoms with Gasteiger partial charge in [0.15, 0.2) is 0 Å². The van der Waals surface area contributed by atoms with Crippen molar-refractivity contribution < 1.29 is 4.39 Å². The fourth-order valence-corrected chi connectivity index (χ4v) is 2.67. The SMILES string of the molecule is Fc1ccc(-n2cc3c(n2)CSC3)cc1. The molecule has 2 nitrogen and oxygen atoms in total. The maximum atomic E-state index is 12.7. The van der Waals surface area contributed by atoms with Crippen LogP contribution in [-0.4, -0.2) is 9.78 Å². The van der Waals surface area contributed by atoms with Crippen LogP contribution in [0.1, 0.15) is 11.3 Å². The summed E-state index contributed by atoms with van der Waals surface area (Å²) < 4.78 is 14.6. The van der Waals surface area contributed by atoms with E-state index in [0.717, 1.165) is 22.9 Å². The molecule has 3 rings (SSSR count). The van der Waals surface area contributed by atoms with E-state index in [0.29, 0.717) is 0 Å². The molecular formula is C11H9FN2S. The highest BCUT2D eigenvalue weighted by Crippen LogP contribution is 2.29. The van der Waals surface area contributed by atoms with Crippen molar-refractivity contribution in [3.05, 3.63) is 47.5 Å². The Labute approximate surface area is 91.1 Å². The molecule has 0 N–H and O–H groups in total. The van der Waals surface area contributed by atoms with E-state index in [2.05, 4.69) is 5.10 Å². The van der Waals surface area contributed by atoms with Gasteiger partial charge >= 0.3 is 0 Å². The third kappa shape index (κ3) is 1.55. The molecule has 0 radical (unpaired) electrons. The van der Waals surface area contributed by atoms with Crippen LogP contribution in [0, 0.1) is 5.82 Å². The minimum absolute atomic E-state index is 0.214. The Morgan fingerprint density at radius 1 is 1.20 bits per heavy atom. The van der Waals surface area contributed by atoms with Gasteiger partial charge in [-0.3, -0.25) is 0 Å². The lowest BCUT2D eigenvalue weighted by atomic mass is 10.3. The third-order valence-corrected chi connectivity index (χ3v) is 3.46.